The zero-order valence-corrected chi connectivity index (χ0v) is 11.6. The molecule has 1 aliphatic heterocycles. The molecule has 1 heterocycles. The molecule has 0 radical (unpaired) electrons. The van der Waals surface area contributed by atoms with E-state index in [0.29, 0.717) is 16.8 Å². The standard InChI is InChI=1S/C13H16BrNO3/c14-12-9-10(3-4-11(12)13(16)17)18-8-7-15-5-1-2-6-15/h3-4,9H,1-2,5-8H2,(H,16,17). The summed E-state index contributed by atoms with van der Waals surface area (Å²) in [7, 11) is 0. The zero-order valence-electron chi connectivity index (χ0n) is 10.1. The van der Waals surface area contributed by atoms with E-state index in [1.165, 1.54) is 12.8 Å². The van der Waals surface area contributed by atoms with Crippen molar-refractivity contribution in [2.45, 2.75) is 12.8 Å². The lowest BCUT2D eigenvalue weighted by Crippen LogP contribution is -2.25. The van der Waals surface area contributed by atoms with Gasteiger partial charge in [0.15, 0.2) is 0 Å². The van der Waals surface area contributed by atoms with Crippen LogP contribution in [0.25, 0.3) is 0 Å². The molecule has 0 spiro atoms. The molecule has 4 nitrogen and oxygen atoms in total. The number of hydrogen-bond acceptors (Lipinski definition) is 3. The summed E-state index contributed by atoms with van der Waals surface area (Å²) in [5, 5.41) is 8.90. The Bertz CT molecular complexity index is 430. The second-order valence-corrected chi connectivity index (χ2v) is 5.20. The van der Waals surface area contributed by atoms with Crippen LogP contribution < -0.4 is 4.74 Å². The first-order chi connectivity index (χ1) is 8.66. The molecule has 0 saturated carbocycles. The van der Waals surface area contributed by atoms with E-state index in [9.17, 15) is 4.79 Å². The van der Waals surface area contributed by atoms with Gasteiger partial charge < -0.3 is 9.84 Å². The third kappa shape index (κ3) is 3.46. The van der Waals surface area contributed by atoms with E-state index >= 15 is 0 Å². The Labute approximate surface area is 115 Å². The number of likely N-dealkylation sites (tertiary alicyclic amines) is 1. The van der Waals surface area contributed by atoms with Gasteiger partial charge in [0.2, 0.25) is 0 Å². The van der Waals surface area contributed by atoms with E-state index in [-0.39, 0.29) is 5.56 Å². The SMILES string of the molecule is O=C(O)c1ccc(OCCN2CCCC2)cc1Br. The van der Waals surface area contributed by atoms with Gasteiger partial charge in [-0.1, -0.05) is 0 Å². The molecule has 1 aromatic rings. The number of carboxylic acid groups (broad SMARTS) is 1. The third-order valence-electron chi connectivity index (χ3n) is 3.05. The molecule has 0 bridgehead atoms. The van der Waals surface area contributed by atoms with Crippen molar-refractivity contribution in [3.8, 4) is 5.75 Å². The highest BCUT2D eigenvalue weighted by Crippen LogP contribution is 2.23. The molecule has 1 saturated heterocycles. The van der Waals surface area contributed by atoms with E-state index in [2.05, 4.69) is 20.8 Å². The summed E-state index contributed by atoms with van der Waals surface area (Å²) >= 11 is 3.23. The summed E-state index contributed by atoms with van der Waals surface area (Å²) in [4.78, 5) is 13.2. The highest BCUT2D eigenvalue weighted by atomic mass is 79.9. The number of benzene rings is 1. The Morgan fingerprint density at radius 2 is 2.11 bits per heavy atom. The molecule has 1 N–H and O–H groups in total. The Hall–Kier alpha value is -1.07. The minimum atomic E-state index is -0.939. The van der Waals surface area contributed by atoms with Gasteiger partial charge in [-0.2, -0.15) is 0 Å². The molecule has 0 unspecified atom stereocenters. The molecule has 18 heavy (non-hydrogen) atoms. The van der Waals surface area contributed by atoms with Crippen LogP contribution in [0.1, 0.15) is 23.2 Å². The Morgan fingerprint density at radius 1 is 1.39 bits per heavy atom. The van der Waals surface area contributed by atoms with Crippen molar-refractivity contribution >= 4 is 21.9 Å². The summed E-state index contributed by atoms with van der Waals surface area (Å²) < 4.78 is 6.17. The fourth-order valence-corrected chi connectivity index (χ4v) is 2.59. The monoisotopic (exact) mass is 313 g/mol. The van der Waals surface area contributed by atoms with Crippen molar-refractivity contribution < 1.29 is 14.6 Å². The molecular weight excluding hydrogens is 298 g/mol. The lowest BCUT2D eigenvalue weighted by atomic mass is 10.2. The smallest absolute Gasteiger partial charge is 0.336 e. The highest BCUT2D eigenvalue weighted by Gasteiger charge is 2.12. The van der Waals surface area contributed by atoms with Crippen LogP contribution in [0.3, 0.4) is 0 Å². The van der Waals surface area contributed by atoms with Crippen LogP contribution in [-0.4, -0.2) is 42.2 Å². The summed E-state index contributed by atoms with van der Waals surface area (Å²) in [5.41, 5.74) is 0.252. The maximum absolute atomic E-state index is 10.8. The van der Waals surface area contributed by atoms with Crippen molar-refractivity contribution in [2.75, 3.05) is 26.2 Å². The van der Waals surface area contributed by atoms with Gasteiger partial charge in [0.1, 0.15) is 12.4 Å². The average molecular weight is 314 g/mol. The molecule has 5 heteroatoms. The van der Waals surface area contributed by atoms with Gasteiger partial charge in [-0.3, -0.25) is 4.90 Å². The fraction of sp³-hybridized carbons (Fsp3) is 0.462. The second kappa shape index (κ2) is 6.20. The Morgan fingerprint density at radius 3 is 2.72 bits per heavy atom. The fourth-order valence-electron chi connectivity index (χ4n) is 2.06. The molecule has 1 aromatic carbocycles. The van der Waals surface area contributed by atoms with Gasteiger partial charge in [-0.15, -0.1) is 0 Å². The van der Waals surface area contributed by atoms with Gasteiger partial charge in [0.05, 0.1) is 5.56 Å². The lowest BCUT2D eigenvalue weighted by Gasteiger charge is -2.15. The van der Waals surface area contributed by atoms with Crippen molar-refractivity contribution in [2.24, 2.45) is 0 Å². The van der Waals surface area contributed by atoms with Crippen molar-refractivity contribution in [3.05, 3.63) is 28.2 Å². The van der Waals surface area contributed by atoms with Crippen LogP contribution >= 0.6 is 15.9 Å². The molecule has 2 rings (SSSR count). The zero-order chi connectivity index (χ0) is 13.0. The number of hydrogen-bond donors (Lipinski definition) is 1. The van der Waals surface area contributed by atoms with E-state index in [0.717, 1.165) is 19.6 Å². The molecule has 98 valence electrons. The van der Waals surface area contributed by atoms with E-state index in [1.54, 1.807) is 18.2 Å². The van der Waals surface area contributed by atoms with E-state index < -0.39 is 5.97 Å². The number of rotatable bonds is 5. The molecule has 0 amide bonds. The Kier molecular flexibility index (Phi) is 4.60. The highest BCUT2D eigenvalue weighted by molar-refractivity contribution is 9.10. The van der Waals surface area contributed by atoms with Gasteiger partial charge in [0, 0.05) is 11.0 Å². The van der Waals surface area contributed by atoms with Gasteiger partial charge in [0.25, 0.3) is 0 Å². The number of aromatic carboxylic acids is 1. The van der Waals surface area contributed by atoms with Crippen LogP contribution in [-0.2, 0) is 0 Å². The van der Waals surface area contributed by atoms with Gasteiger partial charge in [-0.05, 0) is 60.1 Å². The van der Waals surface area contributed by atoms with Crippen molar-refractivity contribution in [3.63, 3.8) is 0 Å². The third-order valence-corrected chi connectivity index (χ3v) is 3.70. The number of halogens is 1. The predicted molar refractivity (Wildman–Crippen MR) is 72.3 cm³/mol. The average Bonchev–Trinajstić information content (AvgIpc) is 2.81. The minimum absolute atomic E-state index is 0.252. The van der Waals surface area contributed by atoms with E-state index in [1.807, 2.05) is 0 Å². The Balaban J connectivity index is 1.85. The summed E-state index contributed by atoms with van der Waals surface area (Å²) in [6, 6.07) is 4.95. The van der Waals surface area contributed by atoms with Crippen LogP contribution in [0, 0.1) is 0 Å². The number of ether oxygens (including phenoxy) is 1. The first-order valence-corrected chi connectivity index (χ1v) is 6.84. The van der Waals surface area contributed by atoms with Crippen LogP contribution in [0.15, 0.2) is 22.7 Å². The summed E-state index contributed by atoms with van der Waals surface area (Å²) in [6.45, 7) is 3.88. The minimum Gasteiger partial charge on any atom is -0.492 e. The lowest BCUT2D eigenvalue weighted by molar-refractivity contribution is 0.0696. The van der Waals surface area contributed by atoms with Crippen LogP contribution in [0.5, 0.6) is 5.75 Å². The topological polar surface area (TPSA) is 49.8 Å². The first-order valence-electron chi connectivity index (χ1n) is 6.05. The van der Waals surface area contributed by atoms with Crippen LogP contribution in [0.2, 0.25) is 0 Å². The summed E-state index contributed by atoms with van der Waals surface area (Å²) in [5.74, 6) is -0.239. The van der Waals surface area contributed by atoms with Gasteiger partial charge >= 0.3 is 5.97 Å². The second-order valence-electron chi connectivity index (χ2n) is 4.34. The molecule has 1 fully saturated rings. The maximum atomic E-state index is 10.8. The van der Waals surface area contributed by atoms with Crippen molar-refractivity contribution in [1.29, 1.82) is 0 Å². The normalized spacial score (nSPS) is 15.8. The van der Waals surface area contributed by atoms with Gasteiger partial charge in [-0.25, -0.2) is 4.79 Å². The number of carbonyl (C=O) groups is 1. The maximum Gasteiger partial charge on any atom is 0.336 e. The number of carboxylic acids is 1. The van der Waals surface area contributed by atoms with E-state index in [4.69, 9.17) is 9.84 Å². The van der Waals surface area contributed by atoms with Crippen molar-refractivity contribution in [1.82, 2.24) is 4.90 Å². The first kappa shape index (κ1) is 13.4. The summed E-state index contributed by atoms with van der Waals surface area (Å²) in [6.07, 6.45) is 2.55. The molecule has 0 atom stereocenters. The molecule has 0 aromatic heterocycles. The molecule has 1 aliphatic rings. The molecule has 0 aliphatic carbocycles. The predicted octanol–water partition coefficient (Wildman–Crippen LogP) is 2.62. The largest absolute Gasteiger partial charge is 0.492 e. The van der Waals surface area contributed by atoms with Crippen LogP contribution in [0.4, 0.5) is 0 Å². The number of nitrogens with zero attached hydrogens (tertiary/aromatic N) is 1. The quantitative estimate of drug-likeness (QED) is 0.908. The molecular formula is C13H16BrNO3.